The van der Waals surface area contributed by atoms with Crippen molar-refractivity contribution in [1.29, 1.82) is 5.26 Å². The number of ether oxygens (including phenoxy) is 2. The van der Waals surface area contributed by atoms with Gasteiger partial charge in [-0.15, -0.1) is 11.3 Å². The first-order chi connectivity index (χ1) is 17.2. The number of ketones is 1. The third kappa shape index (κ3) is 6.05. The molecule has 1 aromatic carbocycles. The molecule has 0 atom stereocenters. The van der Waals surface area contributed by atoms with E-state index in [1.165, 1.54) is 6.08 Å². The Hall–Kier alpha value is -3.38. The number of allylic oxidation sites excluding steroid dienone is 1. The summed E-state index contributed by atoms with van der Waals surface area (Å²) in [6.07, 6.45) is 1.02. The number of furan rings is 1. The van der Waals surface area contributed by atoms with Gasteiger partial charge in [0, 0.05) is 28.0 Å². The fourth-order valence-corrected chi connectivity index (χ4v) is 4.95. The summed E-state index contributed by atoms with van der Waals surface area (Å²) in [5.41, 5.74) is 0.877. The minimum atomic E-state index is -0.652. The zero-order valence-electron chi connectivity index (χ0n) is 19.6. The highest BCUT2D eigenvalue weighted by molar-refractivity contribution is 7.14. The first-order valence-electron chi connectivity index (χ1n) is 10.9. The molecule has 3 aromatic rings. The van der Waals surface area contributed by atoms with Crippen LogP contribution in [0.15, 0.2) is 40.3 Å². The molecule has 0 aliphatic heterocycles. The van der Waals surface area contributed by atoms with Crippen molar-refractivity contribution >= 4 is 58.3 Å². The highest BCUT2D eigenvalue weighted by Crippen LogP contribution is 2.33. The van der Waals surface area contributed by atoms with Gasteiger partial charge < -0.3 is 13.9 Å². The maximum absolute atomic E-state index is 13.0. The van der Waals surface area contributed by atoms with Gasteiger partial charge in [0.25, 0.3) is 0 Å². The Kier molecular flexibility index (Phi) is 9.10. The summed E-state index contributed by atoms with van der Waals surface area (Å²) >= 11 is 13.2. The lowest BCUT2D eigenvalue weighted by atomic mass is 10.0. The lowest BCUT2D eigenvalue weighted by molar-refractivity contribution is -0.114. The lowest BCUT2D eigenvalue weighted by Crippen LogP contribution is -2.12. The summed E-state index contributed by atoms with van der Waals surface area (Å²) in [6.45, 7) is 5.20. The minimum Gasteiger partial charge on any atom is -0.462 e. The van der Waals surface area contributed by atoms with Gasteiger partial charge in [-0.05, 0) is 56.7 Å². The van der Waals surface area contributed by atoms with Crippen LogP contribution in [0.1, 0.15) is 50.1 Å². The standard InChI is InChI=1S/C26H21Cl2NO6S/c1-4-33-25(31)23-14(3)24(26(32)34-5-2)36-22(23)12-20(30)15(13-29)10-17-7-9-21(35-17)18-11-16(27)6-8-19(18)28/h6-11H,4-5,12H2,1-3H3/b15-10+. The number of halogens is 2. The maximum Gasteiger partial charge on any atom is 0.348 e. The average molecular weight is 546 g/mol. The van der Waals surface area contributed by atoms with E-state index in [0.717, 1.165) is 11.3 Å². The Balaban J connectivity index is 1.92. The smallest absolute Gasteiger partial charge is 0.348 e. The minimum absolute atomic E-state index is 0.122. The van der Waals surface area contributed by atoms with Gasteiger partial charge >= 0.3 is 11.9 Å². The molecule has 0 aliphatic carbocycles. The van der Waals surface area contributed by atoms with E-state index < -0.39 is 17.7 Å². The van der Waals surface area contributed by atoms with E-state index in [1.54, 1.807) is 51.1 Å². The SMILES string of the molecule is CCOC(=O)c1sc(CC(=O)/C(C#N)=C/c2ccc(-c3cc(Cl)ccc3Cl)o2)c(C(=O)OCC)c1C. The van der Waals surface area contributed by atoms with Crippen LogP contribution in [0.4, 0.5) is 0 Å². The van der Waals surface area contributed by atoms with Crippen molar-refractivity contribution in [3.05, 3.63) is 72.6 Å². The second-order valence-corrected chi connectivity index (χ2v) is 9.34. The van der Waals surface area contributed by atoms with Crippen LogP contribution in [0.25, 0.3) is 17.4 Å². The zero-order chi connectivity index (χ0) is 26.4. The summed E-state index contributed by atoms with van der Waals surface area (Å²) in [6, 6.07) is 10.0. The molecule has 0 saturated carbocycles. The number of rotatable bonds is 9. The van der Waals surface area contributed by atoms with Gasteiger partial charge in [-0.3, -0.25) is 4.79 Å². The van der Waals surface area contributed by atoms with Crippen LogP contribution in [0.2, 0.25) is 10.0 Å². The number of carbonyl (C=O) groups is 3. The van der Waals surface area contributed by atoms with Gasteiger partial charge in [-0.2, -0.15) is 5.26 Å². The normalized spacial score (nSPS) is 11.2. The summed E-state index contributed by atoms with van der Waals surface area (Å²) in [4.78, 5) is 38.5. The van der Waals surface area contributed by atoms with Crippen LogP contribution >= 0.6 is 34.5 Å². The van der Waals surface area contributed by atoms with Crippen molar-refractivity contribution in [2.75, 3.05) is 13.2 Å². The van der Waals surface area contributed by atoms with Crippen LogP contribution in [-0.4, -0.2) is 30.9 Å². The molecule has 186 valence electrons. The molecule has 36 heavy (non-hydrogen) atoms. The molecule has 3 rings (SSSR count). The van der Waals surface area contributed by atoms with Crippen LogP contribution in [0.5, 0.6) is 0 Å². The molecule has 2 heterocycles. The molecule has 0 bridgehead atoms. The monoisotopic (exact) mass is 545 g/mol. The molecule has 0 radical (unpaired) electrons. The number of Topliss-reactive ketones (excluding diaryl/α,β-unsaturated/α-hetero) is 1. The van der Waals surface area contributed by atoms with E-state index in [2.05, 4.69) is 0 Å². The van der Waals surface area contributed by atoms with Crippen LogP contribution in [-0.2, 0) is 20.7 Å². The van der Waals surface area contributed by atoms with Crippen LogP contribution < -0.4 is 0 Å². The highest BCUT2D eigenvalue weighted by Gasteiger charge is 2.28. The fourth-order valence-electron chi connectivity index (χ4n) is 3.38. The molecule has 10 heteroatoms. The third-order valence-corrected chi connectivity index (χ3v) is 6.85. The summed E-state index contributed by atoms with van der Waals surface area (Å²) < 4.78 is 15.9. The third-order valence-electron chi connectivity index (χ3n) is 5.01. The van der Waals surface area contributed by atoms with E-state index in [1.807, 2.05) is 6.07 Å². The van der Waals surface area contributed by atoms with Crippen LogP contribution in [0.3, 0.4) is 0 Å². The Morgan fingerprint density at radius 1 is 1.08 bits per heavy atom. The Morgan fingerprint density at radius 3 is 2.44 bits per heavy atom. The molecule has 0 spiro atoms. The van der Waals surface area contributed by atoms with Gasteiger partial charge in [0.1, 0.15) is 22.5 Å². The number of carbonyl (C=O) groups excluding carboxylic acids is 3. The quantitative estimate of drug-likeness (QED) is 0.167. The second-order valence-electron chi connectivity index (χ2n) is 7.39. The van der Waals surface area contributed by atoms with Gasteiger partial charge in [0.05, 0.1) is 29.4 Å². The summed E-state index contributed by atoms with van der Waals surface area (Å²) in [7, 11) is 0. The Bertz CT molecular complexity index is 1400. The molecular weight excluding hydrogens is 525 g/mol. The van der Waals surface area contributed by atoms with Crippen molar-refractivity contribution in [3.8, 4) is 17.4 Å². The van der Waals surface area contributed by atoms with Crippen molar-refractivity contribution in [2.45, 2.75) is 27.2 Å². The topological polar surface area (TPSA) is 107 Å². The van der Waals surface area contributed by atoms with Crippen LogP contribution in [0, 0.1) is 18.3 Å². The van der Waals surface area contributed by atoms with E-state index in [4.69, 9.17) is 37.1 Å². The van der Waals surface area contributed by atoms with Gasteiger partial charge in [-0.25, -0.2) is 9.59 Å². The maximum atomic E-state index is 13.0. The van der Waals surface area contributed by atoms with Crippen molar-refractivity contribution in [1.82, 2.24) is 0 Å². The number of nitriles is 1. The first-order valence-corrected chi connectivity index (χ1v) is 12.4. The van der Waals surface area contributed by atoms with Crippen molar-refractivity contribution < 1.29 is 28.3 Å². The highest BCUT2D eigenvalue weighted by atomic mass is 35.5. The predicted molar refractivity (Wildman–Crippen MR) is 137 cm³/mol. The summed E-state index contributed by atoms with van der Waals surface area (Å²) in [5.74, 6) is -1.13. The van der Waals surface area contributed by atoms with E-state index in [-0.39, 0.29) is 41.4 Å². The molecule has 0 saturated heterocycles. The number of nitrogens with zero attached hydrogens (tertiary/aromatic N) is 1. The molecule has 0 amide bonds. The molecule has 0 N–H and O–H groups in total. The first kappa shape index (κ1) is 27.2. The van der Waals surface area contributed by atoms with Gasteiger partial charge in [-0.1, -0.05) is 23.2 Å². The van der Waals surface area contributed by atoms with Gasteiger partial charge in [0.2, 0.25) is 0 Å². The fraction of sp³-hybridized carbons (Fsp3) is 0.231. The molecule has 0 unspecified atom stereocenters. The second kappa shape index (κ2) is 12.0. The van der Waals surface area contributed by atoms with Crippen molar-refractivity contribution in [2.24, 2.45) is 0 Å². The molecule has 0 aliphatic rings. The summed E-state index contributed by atoms with van der Waals surface area (Å²) in [5, 5.41) is 10.5. The Morgan fingerprint density at radius 2 is 1.78 bits per heavy atom. The zero-order valence-corrected chi connectivity index (χ0v) is 22.0. The van der Waals surface area contributed by atoms with Crippen molar-refractivity contribution in [3.63, 3.8) is 0 Å². The number of hydrogen-bond donors (Lipinski definition) is 0. The number of esters is 2. The van der Waals surface area contributed by atoms with E-state index >= 15 is 0 Å². The number of hydrogen-bond acceptors (Lipinski definition) is 8. The lowest BCUT2D eigenvalue weighted by Gasteiger charge is -2.05. The predicted octanol–water partition coefficient (Wildman–Crippen LogP) is 6.70. The number of thiophene rings is 1. The number of benzene rings is 1. The molecular formula is C26H21Cl2NO6S. The van der Waals surface area contributed by atoms with E-state index in [9.17, 15) is 19.6 Å². The largest absolute Gasteiger partial charge is 0.462 e. The molecule has 0 fully saturated rings. The molecule has 2 aromatic heterocycles. The van der Waals surface area contributed by atoms with E-state index in [0.29, 0.717) is 31.8 Å². The molecule has 7 nitrogen and oxygen atoms in total. The van der Waals surface area contributed by atoms with Gasteiger partial charge in [0.15, 0.2) is 5.78 Å². The average Bonchev–Trinajstić information content (AvgIpc) is 3.43. The Labute approximate surface area is 221 Å².